The fourth-order valence-corrected chi connectivity index (χ4v) is 3.80. The average Bonchev–Trinajstić information content (AvgIpc) is 3.03. The van der Waals surface area contributed by atoms with Crippen molar-refractivity contribution >= 4 is 10.0 Å². The first kappa shape index (κ1) is 18.0. The average molecular weight is 382 g/mol. The molecule has 1 aromatic heterocycles. The normalized spacial score (nSPS) is 11.6. The Hall–Kier alpha value is -2.81. The van der Waals surface area contributed by atoms with Gasteiger partial charge in [0.25, 0.3) is 10.0 Å². The molecule has 26 heavy (non-hydrogen) atoms. The van der Waals surface area contributed by atoms with E-state index in [1.54, 1.807) is 19.1 Å². The van der Waals surface area contributed by atoms with E-state index >= 15 is 0 Å². The summed E-state index contributed by atoms with van der Waals surface area (Å²) in [4.78, 5) is 3.81. The molecule has 136 valence electrons. The second-order valence-corrected chi connectivity index (χ2v) is 7.29. The summed E-state index contributed by atoms with van der Waals surface area (Å²) in [6.07, 6.45) is 1.04. The number of hydrogen-bond acceptors (Lipinski definition) is 4. The molecule has 0 fully saturated rings. The van der Waals surface area contributed by atoms with Gasteiger partial charge in [-0.3, -0.25) is 0 Å². The van der Waals surface area contributed by atoms with E-state index in [1.807, 2.05) is 0 Å². The van der Waals surface area contributed by atoms with Crippen molar-refractivity contribution in [2.75, 3.05) is 7.11 Å². The molecule has 0 bridgehead atoms. The molecule has 0 radical (unpaired) electrons. The van der Waals surface area contributed by atoms with Crippen molar-refractivity contribution in [2.24, 2.45) is 0 Å². The number of nitrogens with zero attached hydrogens (tertiary/aromatic N) is 2. The molecule has 0 aliphatic heterocycles. The zero-order chi connectivity index (χ0) is 19.1. The van der Waals surface area contributed by atoms with E-state index in [0.29, 0.717) is 21.7 Å². The number of hydrogen-bond donors (Lipinski definition) is 0. The molecule has 0 unspecified atom stereocenters. The molecule has 0 N–H and O–H groups in total. The molecule has 5 nitrogen and oxygen atoms in total. The van der Waals surface area contributed by atoms with Crippen molar-refractivity contribution in [1.29, 1.82) is 0 Å². The summed E-state index contributed by atoms with van der Waals surface area (Å²) in [5.41, 5.74) is 0.183. The number of aromatic nitrogens is 2. The number of benzene rings is 2. The van der Waals surface area contributed by atoms with Crippen molar-refractivity contribution in [1.82, 2.24) is 8.96 Å². The van der Waals surface area contributed by atoms with E-state index in [0.717, 1.165) is 6.20 Å². The summed E-state index contributed by atoms with van der Waals surface area (Å²) in [6, 6.07) is 6.93. The number of rotatable bonds is 4. The Kier molecular flexibility index (Phi) is 4.49. The summed E-state index contributed by atoms with van der Waals surface area (Å²) in [6.45, 7) is 1.71. The molecule has 0 saturated heterocycles. The first-order valence-electron chi connectivity index (χ1n) is 7.34. The Labute approximate surface area is 147 Å². The highest BCUT2D eigenvalue weighted by Gasteiger charge is 2.26. The number of imidazole rings is 1. The van der Waals surface area contributed by atoms with Crippen LogP contribution in [0.1, 0.15) is 5.56 Å². The summed E-state index contributed by atoms with van der Waals surface area (Å²) < 4.78 is 72.4. The van der Waals surface area contributed by atoms with Crippen LogP contribution in [0.4, 0.5) is 13.2 Å². The predicted molar refractivity (Wildman–Crippen MR) is 87.9 cm³/mol. The Bertz CT molecular complexity index is 1090. The van der Waals surface area contributed by atoms with Gasteiger partial charge in [-0.2, -0.15) is 4.98 Å². The van der Waals surface area contributed by atoms with Gasteiger partial charge in [-0.1, -0.05) is 12.1 Å². The first-order chi connectivity index (χ1) is 12.2. The topological polar surface area (TPSA) is 61.2 Å². The molecule has 2 aromatic carbocycles. The molecule has 1 heterocycles. The van der Waals surface area contributed by atoms with Gasteiger partial charge in [0, 0.05) is 6.07 Å². The molecule has 0 aliphatic rings. The minimum atomic E-state index is -4.18. The van der Waals surface area contributed by atoms with Gasteiger partial charge >= 0.3 is 0 Å². The van der Waals surface area contributed by atoms with E-state index in [4.69, 9.17) is 4.74 Å². The van der Waals surface area contributed by atoms with Crippen LogP contribution in [-0.4, -0.2) is 24.5 Å². The van der Waals surface area contributed by atoms with E-state index in [1.165, 1.54) is 19.2 Å². The number of halogens is 3. The summed E-state index contributed by atoms with van der Waals surface area (Å²) in [7, 11) is -2.93. The zero-order valence-corrected chi connectivity index (χ0v) is 14.5. The van der Waals surface area contributed by atoms with Crippen LogP contribution in [0.15, 0.2) is 47.5 Å². The lowest BCUT2D eigenvalue weighted by Crippen LogP contribution is -2.14. The van der Waals surface area contributed by atoms with Crippen LogP contribution >= 0.6 is 0 Å². The van der Waals surface area contributed by atoms with Gasteiger partial charge in [0.1, 0.15) is 5.82 Å². The molecule has 3 rings (SSSR count). The highest BCUT2D eigenvalue weighted by molar-refractivity contribution is 7.90. The minimum absolute atomic E-state index is 0.0678. The maximum absolute atomic E-state index is 14.2. The van der Waals surface area contributed by atoms with Crippen LogP contribution < -0.4 is 4.74 Å². The Morgan fingerprint density at radius 1 is 1.04 bits per heavy atom. The third kappa shape index (κ3) is 3.05. The molecule has 0 atom stereocenters. The van der Waals surface area contributed by atoms with Gasteiger partial charge in [0.05, 0.1) is 23.8 Å². The Morgan fingerprint density at radius 2 is 1.73 bits per heavy atom. The fraction of sp³-hybridized carbons (Fsp3) is 0.118. The molecule has 3 aromatic rings. The monoisotopic (exact) mass is 382 g/mol. The number of methoxy groups -OCH3 is 1. The zero-order valence-electron chi connectivity index (χ0n) is 13.7. The van der Waals surface area contributed by atoms with Gasteiger partial charge in [0.2, 0.25) is 5.88 Å². The van der Waals surface area contributed by atoms with Gasteiger partial charge in [-0.25, -0.2) is 25.6 Å². The first-order valence-corrected chi connectivity index (χ1v) is 8.78. The molecular formula is C17H13F3N2O3S. The van der Waals surface area contributed by atoms with Gasteiger partial charge < -0.3 is 4.74 Å². The van der Waals surface area contributed by atoms with Crippen LogP contribution in [0.5, 0.6) is 5.88 Å². The van der Waals surface area contributed by atoms with Crippen LogP contribution in [0.25, 0.3) is 11.4 Å². The third-order valence-corrected chi connectivity index (χ3v) is 5.30. The van der Waals surface area contributed by atoms with Crippen LogP contribution in [0, 0.1) is 24.4 Å². The Morgan fingerprint density at radius 3 is 2.38 bits per heavy atom. The lowest BCUT2D eigenvalue weighted by molar-refractivity contribution is 0.400. The van der Waals surface area contributed by atoms with Gasteiger partial charge in [-0.15, -0.1) is 0 Å². The van der Waals surface area contributed by atoms with E-state index < -0.39 is 38.9 Å². The maximum Gasteiger partial charge on any atom is 0.269 e. The van der Waals surface area contributed by atoms with Crippen LogP contribution in [0.3, 0.4) is 0 Å². The largest absolute Gasteiger partial charge is 0.480 e. The molecular weight excluding hydrogens is 369 g/mol. The van der Waals surface area contributed by atoms with Gasteiger partial charge in [0.15, 0.2) is 17.5 Å². The van der Waals surface area contributed by atoms with E-state index in [-0.39, 0.29) is 10.8 Å². The highest BCUT2D eigenvalue weighted by atomic mass is 32.2. The fourth-order valence-electron chi connectivity index (χ4n) is 2.39. The van der Waals surface area contributed by atoms with Crippen LogP contribution in [0.2, 0.25) is 0 Å². The van der Waals surface area contributed by atoms with Gasteiger partial charge in [-0.05, 0) is 30.7 Å². The Balaban J connectivity index is 2.27. The second-order valence-electron chi connectivity index (χ2n) is 5.47. The molecule has 0 aliphatic carbocycles. The lowest BCUT2D eigenvalue weighted by Gasteiger charge is -2.10. The van der Waals surface area contributed by atoms with Crippen molar-refractivity contribution in [2.45, 2.75) is 11.8 Å². The molecule has 9 heteroatoms. The van der Waals surface area contributed by atoms with Crippen molar-refractivity contribution in [3.8, 4) is 17.3 Å². The van der Waals surface area contributed by atoms with Crippen molar-refractivity contribution in [3.63, 3.8) is 0 Å². The minimum Gasteiger partial charge on any atom is -0.480 e. The van der Waals surface area contributed by atoms with E-state index in [2.05, 4.69) is 4.98 Å². The lowest BCUT2D eigenvalue weighted by atomic mass is 10.2. The molecule has 0 amide bonds. The van der Waals surface area contributed by atoms with Crippen molar-refractivity contribution in [3.05, 3.63) is 65.6 Å². The smallest absolute Gasteiger partial charge is 0.269 e. The number of aryl methyl sites for hydroxylation is 1. The highest BCUT2D eigenvalue weighted by Crippen LogP contribution is 2.30. The standard InChI is InChI=1S/C17H13F3N2O3S/c1-10-4-3-5-11(6-10)26(23,24)22-9-16(25-2)21-17(22)12-7-14(19)15(20)8-13(12)18/h3-9H,1-2H3. The predicted octanol–water partition coefficient (Wildman–Crippen LogP) is 3.52. The van der Waals surface area contributed by atoms with E-state index in [9.17, 15) is 21.6 Å². The third-order valence-electron chi connectivity index (χ3n) is 3.66. The quantitative estimate of drug-likeness (QED) is 0.648. The summed E-state index contributed by atoms with van der Waals surface area (Å²) in [5, 5.41) is 0. The summed E-state index contributed by atoms with van der Waals surface area (Å²) in [5.74, 6) is -4.43. The number of ether oxygens (including phenoxy) is 1. The van der Waals surface area contributed by atoms with Crippen molar-refractivity contribution < 1.29 is 26.3 Å². The summed E-state index contributed by atoms with van der Waals surface area (Å²) >= 11 is 0. The molecule has 0 saturated carbocycles. The second kappa shape index (κ2) is 6.49. The molecule has 0 spiro atoms. The van der Waals surface area contributed by atoms with Crippen LogP contribution in [-0.2, 0) is 10.0 Å². The maximum atomic E-state index is 14.2. The SMILES string of the molecule is COc1cn(S(=O)(=O)c2cccc(C)c2)c(-c2cc(F)c(F)cc2F)n1.